The molecular weight excluding hydrogens is 568 g/mol. The maximum atomic E-state index is 13.3. The quantitative estimate of drug-likeness (QED) is 0.125. The fourth-order valence-electron chi connectivity index (χ4n) is 5.58. The van der Waals surface area contributed by atoms with E-state index in [-0.39, 0.29) is 11.5 Å². The van der Waals surface area contributed by atoms with Crippen molar-refractivity contribution in [2.75, 3.05) is 4.90 Å². The van der Waals surface area contributed by atoms with Gasteiger partial charge in [0.2, 0.25) is 5.91 Å². The van der Waals surface area contributed by atoms with E-state index in [1.165, 1.54) is 0 Å². The van der Waals surface area contributed by atoms with Crippen molar-refractivity contribution in [2.24, 2.45) is 7.05 Å². The number of fused-ring (bicyclic) bond motifs is 1. The number of amides is 1. The molecule has 1 aromatic heterocycles. The van der Waals surface area contributed by atoms with Crippen molar-refractivity contribution in [3.05, 3.63) is 118 Å². The number of rotatable bonds is 9. The maximum Gasteiger partial charge on any atom is 0.335 e. The molecule has 1 heterocycles. The van der Waals surface area contributed by atoms with Crippen LogP contribution in [0, 0.1) is 10.1 Å². The zero-order valence-electron chi connectivity index (χ0n) is 26.1. The summed E-state index contributed by atoms with van der Waals surface area (Å²) < 4.78 is 1.99. The molecule has 0 spiro atoms. The number of hydrogen-bond acceptors (Lipinski definition) is 6. The monoisotopic (exact) mass is 604 g/mol. The molecule has 9 nitrogen and oxygen atoms in total. The number of aromatic nitrogens is 2. The zero-order chi connectivity index (χ0) is 32.3. The normalized spacial score (nSPS) is 11.4. The molecule has 45 heavy (non-hydrogen) atoms. The van der Waals surface area contributed by atoms with Crippen LogP contribution in [0.1, 0.15) is 62.0 Å². The summed E-state index contributed by atoms with van der Waals surface area (Å²) in [5.74, 6) is -0.315. The third kappa shape index (κ3) is 6.62. The molecule has 0 N–H and O–H groups in total. The minimum absolute atomic E-state index is 0.0302. The Hall–Kier alpha value is -5.31. The first-order chi connectivity index (χ1) is 21.5. The summed E-state index contributed by atoms with van der Waals surface area (Å²) in [7, 11) is 1.93. The first kappa shape index (κ1) is 31.1. The Morgan fingerprint density at radius 3 is 2.22 bits per heavy atom. The highest BCUT2D eigenvalue weighted by atomic mass is 17.0. The fourth-order valence-corrected chi connectivity index (χ4v) is 5.58. The second kappa shape index (κ2) is 12.7. The van der Waals surface area contributed by atoms with Gasteiger partial charge in [0.15, 0.2) is 0 Å². The van der Waals surface area contributed by atoms with Gasteiger partial charge in [0.05, 0.1) is 23.1 Å². The summed E-state index contributed by atoms with van der Waals surface area (Å²) in [6, 6.07) is 28.6. The van der Waals surface area contributed by atoms with Crippen molar-refractivity contribution in [3.63, 3.8) is 0 Å². The van der Waals surface area contributed by atoms with Crippen LogP contribution in [0.25, 0.3) is 33.5 Å². The lowest BCUT2D eigenvalue weighted by Crippen LogP contribution is -2.30. The Kier molecular flexibility index (Phi) is 8.81. The number of carbonyl (C=O) groups excluding carboxylic acids is 2. The molecule has 0 fully saturated rings. The van der Waals surface area contributed by atoms with Gasteiger partial charge in [-0.1, -0.05) is 82.3 Å². The highest BCUT2D eigenvalue weighted by Gasteiger charge is 2.29. The molecule has 0 atom stereocenters. The molecule has 5 rings (SSSR count). The van der Waals surface area contributed by atoms with Gasteiger partial charge < -0.3 is 9.47 Å². The second-order valence-electron chi connectivity index (χ2n) is 12.0. The van der Waals surface area contributed by atoms with Gasteiger partial charge in [-0.3, -0.25) is 9.59 Å². The number of anilines is 1. The molecule has 9 heteroatoms. The number of hydrogen-bond donors (Lipinski definition) is 0. The molecule has 230 valence electrons. The Labute approximate surface area is 262 Å². The van der Waals surface area contributed by atoms with Crippen LogP contribution in [0.15, 0.2) is 91.0 Å². The Morgan fingerprint density at radius 2 is 1.60 bits per heavy atom. The van der Waals surface area contributed by atoms with Crippen molar-refractivity contribution in [1.82, 2.24) is 9.55 Å². The van der Waals surface area contributed by atoms with Crippen molar-refractivity contribution in [3.8, 4) is 22.5 Å². The molecule has 0 saturated heterocycles. The smallest absolute Gasteiger partial charge is 0.327 e. The summed E-state index contributed by atoms with van der Waals surface area (Å²) in [6.45, 7) is 8.18. The number of imidazole rings is 1. The third-order valence-electron chi connectivity index (χ3n) is 7.79. The van der Waals surface area contributed by atoms with Gasteiger partial charge in [-0.2, -0.15) is 0 Å². The van der Waals surface area contributed by atoms with Crippen LogP contribution in [-0.4, -0.2) is 26.5 Å². The zero-order valence-corrected chi connectivity index (χ0v) is 26.1. The molecule has 1 amide bonds. The molecule has 0 aliphatic carbocycles. The van der Waals surface area contributed by atoms with Crippen LogP contribution < -0.4 is 4.90 Å². The summed E-state index contributed by atoms with van der Waals surface area (Å²) in [4.78, 5) is 48.9. The Morgan fingerprint density at radius 1 is 0.933 bits per heavy atom. The number of nitrogens with zero attached hydrogens (tertiary/aromatic N) is 4. The Bertz CT molecular complexity index is 1870. The van der Waals surface area contributed by atoms with Crippen LogP contribution in [0.5, 0.6) is 0 Å². The molecule has 0 saturated carbocycles. The summed E-state index contributed by atoms with van der Waals surface area (Å²) in [5, 5.41) is 10.2. The predicted octanol–water partition coefficient (Wildman–Crippen LogP) is 7.89. The van der Waals surface area contributed by atoms with Crippen molar-refractivity contribution in [1.29, 1.82) is 0 Å². The minimum Gasteiger partial charge on any atom is -0.327 e. The van der Waals surface area contributed by atoms with E-state index in [4.69, 9.17) is 4.98 Å². The van der Waals surface area contributed by atoms with E-state index in [0.717, 1.165) is 34.3 Å². The van der Waals surface area contributed by atoms with Crippen molar-refractivity contribution >= 4 is 28.6 Å². The van der Waals surface area contributed by atoms with Gasteiger partial charge in [0, 0.05) is 24.7 Å². The van der Waals surface area contributed by atoms with Crippen molar-refractivity contribution in [2.45, 2.75) is 52.5 Å². The molecule has 0 bridgehead atoms. The lowest BCUT2D eigenvalue weighted by Gasteiger charge is -2.26. The SMILES string of the molecule is CCCC(=O)N(Cc1ccc(-c2cc(-c3nc4ccccc4n3C)cc(C(C)(C)C)c2C(=O)O[N+](=O)[O-])cc1)c1ccccc1. The standard InChI is InChI=1S/C36H36N4O5/c1-6-12-32(41)39(27-13-8-7-9-14-27)23-24-17-19-25(20-18-24)28-21-26(34-37-30-15-10-11-16-31(30)38(34)5)22-29(36(2,3)4)33(28)35(42)45-40(43)44/h7-11,13-22H,6,12,23H2,1-5H3. The lowest BCUT2D eigenvalue weighted by atomic mass is 9.79. The number of para-hydroxylation sites is 3. The molecule has 0 radical (unpaired) electrons. The number of aryl methyl sites for hydroxylation is 1. The van der Waals surface area contributed by atoms with Crippen molar-refractivity contribution < 1.29 is 19.5 Å². The maximum absolute atomic E-state index is 13.3. The topological polar surface area (TPSA) is 108 Å². The summed E-state index contributed by atoms with van der Waals surface area (Å²) in [5.41, 5.74) is 5.56. The van der Waals surface area contributed by atoms with Crippen LogP contribution in [0.3, 0.4) is 0 Å². The summed E-state index contributed by atoms with van der Waals surface area (Å²) >= 11 is 0. The largest absolute Gasteiger partial charge is 0.335 e. The first-order valence-electron chi connectivity index (χ1n) is 14.9. The highest BCUT2D eigenvalue weighted by molar-refractivity contribution is 6.00. The van der Waals surface area contributed by atoms with E-state index >= 15 is 0 Å². The average molecular weight is 605 g/mol. The third-order valence-corrected chi connectivity index (χ3v) is 7.79. The van der Waals surface area contributed by atoms with Crippen LogP contribution in [0.4, 0.5) is 5.69 Å². The van der Waals surface area contributed by atoms with E-state index in [9.17, 15) is 19.7 Å². The minimum atomic E-state index is -1.08. The fraction of sp³-hybridized carbons (Fsp3) is 0.250. The van der Waals surface area contributed by atoms with Gasteiger partial charge >= 0.3 is 11.1 Å². The lowest BCUT2D eigenvalue weighted by molar-refractivity contribution is -0.727. The van der Waals surface area contributed by atoms with E-state index in [1.807, 2.05) is 130 Å². The van der Waals surface area contributed by atoms with Gasteiger partial charge in [-0.05, 0) is 70.5 Å². The molecule has 5 aromatic rings. The van der Waals surface area contributed by atoms with Crippen LogP contribution in [0.2, 0.25) is 0 Å². The number of benzene rings is 4. The van der Waals surface area contributed by atoms with Crippen LogP contribution in [-0.2, 0) is 28.6 Å². The highest BCUT2D eigenvalue weighted by Crippen LogP contribution is 2.39. The Balaban J connectivity index is 1.64. The number of carbonyl (C=O) groups is 2. The van der Waals surface area contributed by atoms with Gasteiger partial charge in [0.1, 0.15) is 5.82 Å². The second-order valence-corrected chi connectivity index (χ2v) is 12.0. The van der Waals surface area contributed by atoms with E-state index in [1.54, 1.807) is 4.90 Å². The summed E-state index contributed by atoms with van der Waals surface area (Å²) in [6.07, 6.45) is 1.17. The average Bonchev–Trinajstić information content (AvgIpc) is 3.35. The van der Waals surface area contributed by atoms with E-state index < -0.39 is 16.5 Å². The molecular formula is C36H36N4O5. The van der Waals surface area contributed by atoms with Gasteiger partial charge in [0.25, 0.3) is 0 Å². The van der Waals surface area contributed by atoms with Gasteiger partial charge in [-0.25, -0.2) is 9.82 Å². The van der Waals surface area contributed by atoms with Crippen LogP contribution >= 0.6 is 0 Å². The van der Waals surface area contributed by atoms with E-state index in [0.29, 0.717) is 35.5 Å². The predicted molar refractivity (Wildman–Crippen MR) is 175 cm³/mol. The molecule has 0 aliphatic rings. The van der Waals surface area contributed by atoms with Gasteiger partial charge in [-0.15, -0.1) is 10.1 Å². The molecule has 0 aliphatic heterocycles. The molecule has 0 unspecified atom stereocenters. The first-order valence-corrected chi connectivity index (χ1v) is 14.9. The van der Waals surface area contributed by atoms with E-state index in [2.05, 4.69) is 4.84 Å². The molecule has 4 aromatic carbocycles.